The molecule has 108 valence electrons. The van der Waals surface area contributed by atoms with Gasteiger partial charge in [0.15, 0.2) is 0 Å². The molecular weight excluding hydrogens is 272 g/mol. The second-order valence-corrected chi connectivity index (χ2v) is 5.86. The van der Waals surface area contributed by atoms with E-state index < -0.39 is 0 Å². The van der Waals surface area contributed by atoms with Crippen LogP contribution in [0.4, 0.5) is 0 Å². The van der Waals surface area contributed by atoms with E-state index >= 15 is 0 Å². The molecule has 0 aromatic rings. The molecule has 0 spiro atoms. The summed E-state index contributed by atoms with van der Waals surface area (Å²) >= 11 is 6.06. The lowest BCUT2D eigenvalue weighted by molar-refractivity contribution is 0.163. The van der Waals surface area contributed by atoms with E-state index in [2.05, 4.69) is 34.5 Å². The maximum atomic E-state index is 6.06. The van der Waals surface area contributed by atoms with E-state index in [-0.39, 0.29) is 0 Å². The highest BCUT2D eigenvalue weighted by Gasteiger charge is 2.30. The first-order chi connectivity index (χ1) is 9.84. The summed E-state index contributed by atoms with van der Waals surface area (Å²) in [6.07, 6.45) is 13.6. The molecule has 1 N–H and O–H groups in total. The van der Waals surface area contributed by atoms with E-state index in [0.29, 0.717) is 18.6 Å². The van der Waals surface area contributed by atoms with E-state index in [0.717, 1.165) is 37.6 Å². The van der Waals surface area contributed by atoms with Gasteiger partial charge in [0.05, 0.1) is 6.26 Å². The van der Waals surface area contributed by atoms with Gasteiger partial charge in [0, 0.05) is 43.2 Å². The van der Waals surface area contributed by atoms with E-state index in [1.165, 1.54) is 5.57 Å². The number of nitrogens with zero attached hydrogens (tertiary/aromatic N) is 1. The van der Waals surface area contributed by atoms with Crippen LogP contribution in [0.3, 0.4) is 0 Å². The molecule has 0 aromatic heterocycles. The number of rotatable bonds is 3. The fraction of sp³-hybridized carbons (Fsp3) is 0.500. The van der Waals surface area contributed by atoms with Gasteiger partial charge in [-0.1, -0.05) is 23.8 Å². The molecule has 3 aliphatic rings. The number of ether oxygens (including phenoxy) is 1. The van der Waals surface area contributed by atoms with Crippen molar-refractivity contribution < 1.29 is 4.74 Å². The third-order valence-corrected chi connectivity index (χ3v) is 4.43. The molecule has 0 amide bonds. The average Bonchev–Trinajstić information content (AvgIpc) is 2.52. The largest absolute Gasteiger partial charge is 0.497 e. The van der Waals surface area contributed by atoms with Crippen molar-refractivity contribution in [3.05, 3.63) is 47.2 Å². The minimum absolute atomic E-state index is 0.425. The predicted octanol–water partition coefficient (Wildman–Crippen LogP) is 2.43. The summed E-state index contributed by atoms with van der Waals surface area (Å²) in [6, 6.07) is 0.425. The van der Waals surface area contributed by atoms with E-state index in [4.69, 9.17) is 16.3 Å². The molecule has 0 saturated carbocycles. The van der Waals surface area contributed by atoms with Crippen LogP contribution < -0.4 is 5.32 Å². The first kappa shape index (κ1) is 13.9. The standard InChI is InChI=1S/C16H21ClN2O/c17-15-3-1-13(2-4-15)16(14-5-11-20-12-6-14)19-9-7-18-8-10-19/h1,3-6,11,13,16,18H,2,7-10,12H2. The van der Waals surface area contributed by atoms with Crippen molar-refractivity contribution in [3.8, 4) is 0 Å². The van der Waals surface area contributed by atoms with Crippen LogP contribution in [0, 0.1) is 5.92 Å². The Morgan fingerprint density at radius 2 is 2.10 bits per heavy atom. The lowest BCUT2D eigenvalue weighted by Crippen LogP contribution is -2.51. The molecule has 0 bridgehead atoms. The van der Waals surface area contributed by atoms with Crippen LogP contribution >= 0.6 is 11.6 Å². The lowest BCUT2D eigenvalue weighted by atomic mass is 9.85. The van der Waals surface area contributed by atoms with Crippen molar-refractivity contribution in [2.75, 3.05) is 32.8 Å². The number of hydrogen-bond donors (Lipinski definition) is 1. The molecule has 4 heteroatoms. The Bertz CT molecular complexity index is 461. The molecule has 3 rings (SSSR count). The third kappa shape index (κ3) is 3.17. The van der Waals surface area contributed by atoms with E-state index in [9.17, 15) is 0 Å². The second-order valence-electron chi connectivity index (χ2n) is 5.42. The van der Waals surface area contributed by atoms with Crippen molar-refractivity contribution in [3.63, 3.8) is 0 Å². The van der Waals surface area contributed by atoms with Crippen LogP contribution in [0.25, 0.3) is 0 Å². The molecular formula is C16H21ClN2O. The van der Waals surface area contributed by atoms with Crippen LogP contribution in [0.1, 0.15) is 6.42 Å². The lowest BCUT2D eigenvalue weighted by Gasteiger charge is -2.40. The predicted molar refractivity (Wildman–Crippen MR) is 82.6 cm³/mol. The molecule has 20 heavy (non-hydrogen) atoms. The fourth-order valence-electron chi connectivity index (χ4n) is 3.15. The van der Waals surface area contributed by atoms with Crippen molar-refractivity contribution in [2.45, 2.75) is 12.5 Å². The maximum absolute atomic E-state index is 6.06. The van der Waals surface area contributed by atoms with Gasteiger partial charge in [-0.3, -0.25) is 4.90 Å². The normalized spacial score (nSPS) is 28.6. The van der Waals surface area contributed by atoms with Gasteiger partial charge >= 0.3 is 0 Å². The molecule has 2 aliphatic heterocycles. The van der Waals surface area contributed by atoms with Crippen molar-refractivity contribution in [1.29, 1.82) is 0 Å². The summed E-state index contributed by atoms with van der Waals surface area (Å²) in [6.45, 7) is 5.01. The first-order valence-electron chi connectivity index (χ1n) is 7.31. The van der Waals surface area contributed by atoms with Crippen LogP contribution in [0.2, 0.25) is 0 Å². The van der Waals surface area contributed by atoms with Crippen molar-refractivity contribution >= 4 is 11.6 Å². The Labute approximate surface area is 125 Å². The van der Waals surface area contributed by atoms with Crippen LogP contribution in [-0.4, -0.2) is 43.7 Å². The maximum Gasteiger partial charge on any atom is 0.106 e. The van der Waals surface area contributed by atoms with Crippen molar-refractivity contribution in [1.82, 2.24) is 10.2 Å². The Hall–Kier alpha value is -1.03. The minimum atomic E-state index is 0.425. The molecule has 2 heterocycles. The summed E-state index contributed by atoms with van der Waals surface area (Å²) in [4.78, 5) is 2.58. The van der Waals surface area contributed by atoms with E-state index in [1.54, 1.807) is 0 Å². The number of hydrogen-bond acceptors (Lipinski definition) is 3. The second kappa shape index (κ2) is 6.61. The molecule has 1 aliphatic carbocycles. The average molecular weight is 293 g/mol. The highest BCUT2D eigenvalue weighted by atomic mass is 35.5. The SMILES string of the molecule is ClC1=CCC(C(C2=CCOC=C2)N2CCNCC2)C=C1. The third-order valence-electron chi connectivity index (χ3n) is 4.15. The summed E-state index contributed by atoms with van der Waals surface area (Å²) in [5.41, 5.74) is 1.37. The fourth-order valence-corrected chi connectivity index (χ4v) is 3.31. The molecule has 3 nitrogen and oxygen atoms in total. The Kier molecular flexibility index (Phi) is 4.61. The number of piperazine rings is 1. The van der Waals surface area contributed by atoms with Gasteiger partial charge in [-0.05, 0) is 30.2 Å². The number of nitrogens with one attached hydrogen (secondary N) is 1. The highest BCUT2D eigenvalue weighted by molar-refractivity contribution is 6.31. The summed E-state index contributed by atoms with van der Waals surface area (Å²) in [5, 5.41) is 4.29. The summed E-state index contributed by atoms with van der Waals surface area (Å²) < 4.78 is 5.30. The van der Waals surface area contributed by atoms with Gasteiger partial charge in [0.2, 0.25) is 0 Å². The van der Waals surface area contributed by atoms with Gasteiger partial charge in [0.25, 0.3) is 0 Å². The Morgan fingerprint density at radius 1 is 1.25 bits per heavy atom. The molecule has 1 saturated heterocycles. The minimum Gasteiger partial charge on any atom is -0.497 e. The van der Waals surface area contributed by atoms with Gasteiger partial charge in [-0.2, -0.15) is 0 Å². The molecule has 2 atom stereocenters. The zero-order valence-corrected chi connectivity index (χ0v) is 12.4. The zero-order valence-electron chi connectivity index (χ0n) is 11.6. The van der Waals surface area contributed by atoms with Crippen molar-refractivity contribution in [2.24, 2.45) is 5.92 Å². The first-order valence-corrected chi connectivity index (χ1v) is 7.69. The highest BCUT2D eigenvalue weighted by Crippen LogP contribution is 2.30. The van der Waals surface area contributed by atoms with E-state index in [1.807, 2.05) is 12.3 Å². The topological polar surface area (TPSA) is 24.5 Å². The zero-order chi connectivity index (χ0) is 13.8. The van der Waals surface area contributed by atoms with Gasteiger partial charge in [-0.25, -0.2) is 0 Å². The molecule has 2 unspecified atom stereocenters. The summed E-state index contributed by atoms with van der Waals surface area (Å²) in [5.74, 6) is 0.490. The van der Waals surface area contributed by atoms with Crippen LogP contribution in [0.5, 0.6) is 0 Å². The van der Waals surface area contributed by atoms with Gasteiger partial charge < -0.3 is 10.1 Å². The quantitative estimate of drug-likeness (QED) is 0.865. The number of allylic oxidation sites excluding steroid dienone is 3. The summed E-state index contributed by atoms with van der Waals surface area (Å²) in [7, 11) is 0. The molecule has 1 fully saturated rings. The van der Waals surface area contributed by atoms with Crippen LogP contribution in [0.15, 0.2) is 47.2 Å². The Morgan fingerprint density at radius 3 is 2.75 bits per heavy atom. The Balaban J connectivity index is 1.81. The molecule has 0 aromatic carbocycles. The molecule has 0 radical (unpaired) electrons. The van der Waals surface area contributed by atoms with Crippen LogP contribution in [-0.2, 0) is 4.74 Å². The van der Waals surface area contributed by atoms with Gasteiger partial charge in [-0.15, -0.1) is 0 Å². The smallest absolute Gasteiger partial charge is 0.106 e. The number of halogens is 1. The van der Waals surface area contributed by atoms with Gasteiger partial charge in [0.1, 0.15) is 6.61 Å². The monoisotopic (exact) mass is 292 g/mol.